The van der Waals surface area contributed by atoms with Gasteiger partial charge in [-0.3, -0.25) is 4.31 Å². The molecule has 6 heteroatoms. The zero-order chi connectivity index (χ0) is 18.6. The van der Waals surface area contributed by atoms with Crippen molar-refractivity contribution in [3.63, 3.8) is 0 Å². The molecule has 0 atom stereocenters. The van der Waals surface area contributed by atoms with Crippen molar-refractivity contribution >= 4 is 27.3 Å². The summed E-state index contributed by atoms with van der Waals surface area (Å²) in [5.74, 6) is 0.157. The van der Waals surface area contributed by atoms with Crippen LogP contribution >= 0.6 is 11.6 Å². The Labute approximate surface area is 158 Å². The lowest BCUT2D eigenvalue weighted by molar-refractivity contribution is 0.468. The third-order valence-electron chi connectivity index (χ3n) is 4.02. The quantitative estimate of drug-likeness (QED) is 0.678. The highest BCUT2D eigenvalue weighted by Gasteiger charge is 2.25. The normalized spacial score (nSPS) is 11.3. The van der Waals surface area contributed by atoms with Crippen LogP contribution in [0.4, 0.5) is 5.69 Å². The maximum Gasteiger partial charge on any atom is 0.264 e. The Morgan fingerprint density at radius 3 is 2.12 bits per heavy atom. The van der Waals surface area contributed by atoms with Crippen LogP contribution < -0.4 is 4.31 Å². The lowest BCUT2D eigenvalue weighted by Gasteiger charge is -2.25. The number of para-hydroxylation sites is 2. The Hall–Kier alpha value is -2.50. The molecular weight excluding hydrogens is 370 g/mol. The van der Waals surface area contributed by atoms with E-state index in [-0.39, 0.29) is 17.2 Å². The number of hydrogen-bond donors (Lipinski definition) is 1. The lowest BCUT2D eigenvalue weighted by atomic mass is 10.1. The van der Waals surface area contributed by atoms with Crippen molar-refractivity contribution in [2.75, 3.05) is 10.8 Å². The first-order valence-corrected chi connectivity index (χ1v) is 9.90. The van der Waals surface area contributed by atoms with Gasteiger partial charge in [0.15, 0.2) is 0 Å². The van der Waals surface area contributed by atoms with E-state index in [0.29, 0.717) is 22.7 Å². The molecule has 3 rings (SSSR count). The predicted octanol–water partition coefficient (Wildman–Crippen LogP) is 4.48. The number of nitrogens with zero attached hydrogens (tertiary/aromatic N) is 1. The maximum absolute atomic E-state index is 13.2. The fourth-order valence-corrected chi connectivity index (χ4v) is 4.25. The largest absolute Gasteiger partial charge is 0.508 e. The van der Waals surface area contributed by atoms with Gasteiger partial charge in [0.2, 0.25) is 0 Å². The van der Waals surface area contributed by atoms with E-state index in [0.717, 1.165) is 0 Å². The summed E-state index contributed by atoms with van der Waals surface area (Å²) < 4.78 is 27.7. The van der Waals surface area contributed by atoms with Crippen molar-refractivity contribution in [1.82, 2.24) is 0 Å². The van der Waals surface area contributed by atoms with Gasteiger partial charge in [-0.05, 0) is 54.4 Å². The average molecular weight is 388 g/mol. The van der Waals surface area contributed by atoms with E-state index < -0.39 is 10.0 Å². The van der Waals surface area contributed by atoms with Crippen molar-refractivity contribution in [3.05, 3.63) is 89.4 Å². The number of rotatable bonds is 6. The van der Waals surface area contributed by atoms with Crippen LogP contribution in [-0.2, 0) is 16.4 Å². The molecule has 0 aliphatic heterocycles. The summed E-state index contributed by atoms with van der Waals surface area (Å²) in [6.07, 6.45) is 0.383. The molecule has 0 saturated heterocycles. The topological polar surface area (TPSA) is 57.6 Å². The molecule has 0 spiro atoms. The van der Waals surface area contributed by atoms with Crippen LogP contribution in [-0.4, -0.2) is 20.1 Å². The molecule has 0 radical (unpaired) electrons. The van der Waals surface area contributed by atoms with Crippen LogP contribution in [0, 0.1) is 0 Å². The highest BCUT2D eigenvalue weighted by molar-refractivity contribution is 7.92. The molecule has 0 fully saturated rings. The van der Waals surface area contributed by atoms with Gasteiger partial charge in [0, 0.05) is 11.6 Å². The van der Waals surface area contributed by atoms with Crippen molar-refractivity contribution in [2.24, 2.45) is 0 Å². The summed E-state index contributed by atoms with van der Waals surface area (Å²) in [6.45, 7) is 0.201. The highest BCUT2D eigenvalue weighted by atomic mass is 35.5. The van der Waals surface area contributed by atoms with Crippen LogP contribution in [0.5, 0.6) is 5.75 Å². The molecule has 0 unspecified atom stereocenters. The molecule has 4 nitrogen and oxygen atoms in total. The molecule has 0 bridgehead atoms. The number of anilines is 1. The smallest absolute Gasteiger partial charge is 0.264 e. The van der Waals surface area contributed by atoms with E-state index in [1.165, 1.54) is 16.4 Å². The standard InChI is InChI=1S/C20H18ClNO3S/c21-17-10-12-19(13-11-17)26(24,25)22(18-7-2-1-3-8-18)15-14-16-6-4-5-9-20(16)23/h1-13,23H,14-15H2. The SMILES string of the molecule is O=S(=O)(c1ccc(Cl)cc1)N(CCc1ccccc1O)c1ccccc1. The van der Waals surface area contributed by atoms with Crippen LogP contribution in [0.25, 0.3) is 0 Å². The summed E-state index contributed by atoms with van der Waals surface area (Å²) >= 11 is 5.88. The summed E-state index contributed by atoms with van der Waals surface area (Å²) in [5, 5.41) is 10.4. The van der Waals surface area contributed by atoms with Gasteiger partial charge in [-0.25, -0.2) is 8.42 Å². The Bertz CT molecular complexity index is 973. The fourth-order valence-electron chi connectivity index (χ4n) is 2.66. The molecule has 0 saturated carbocycles. The van der Waals surface area contributed by atoms with E-state index in [4.69, 9.17) is 11.6 Å². The molecule has 26 heavy (non-hydrogen) atoms. The van der Waals surface area contributed by atoms with Crippen LogP contribution in [0.2, 0.25) is 5.02 Å². The molecule has 0 aliphatic carbocycles. The van der Waals surface area contributed by atoms with Crippen LogP contribution in [0.1, 0.15) is 5.56 Å². The summed E-state index contributed by atoms with van der Waals surface area (Å²) in [5.41, 5.74) is 1.26. The van der Waals surface area contributed by atoms with E-state index in [1.807, 2.05) is 12.1 Å². The number of aromatic hydroxyl groups is 1. The fraction of sp³-hybridized carbons (Fsp3) is 0.100. The van der Waals surface area contributed by atoms with Gasteiger partial charge >= 0.3 is 0 Å². The zero-order valence-corrected chi connectivity index (χ0v) is 15.5. The van der Waals surface area contributed by atoms with Crippen LogP contribution in [0.15, 0.2) is 83.8 Å². The second-order valence-corrected chi connectivity index (χ2v) is 8.04. The van der Waals surface area contributed by atoms with Crippen molar-refractivity contribution in [3.8, 4) is 5.75 Å². The van der Waals surface area contributed by atoms with Gasteiger partial charge in [-0.15, -0.1) is 0 Å². The molecule has 0 aromatic heterocycles. The Balaban J connectivity index is 1.96. The van der Waals surface area contributed by atoms with Crippen molar-refractivity contribution in [1.29, 1.82) is 0 Å². The molecule has 1 N–H and O–H groups in total. The summed E-state index contributed by atoms with van der Waals surface area (Å²) in [6, 6.07) is 21.9. The number of sulfonamides is 1. The monoisotopic (exact) mass is 387 g/mol. The van der Waals surface area contributed by atoms with Gasteiger partial charge in [0.25, 0.3) is 10.0 Å². The van der Waals surface area contributed by atoms with Gasteiger partial charge in [-0.2, -0.15) is 0 Å². The van der Waals surface area contributed by atoms with Gasteiger partial charge in [0.05, 0.1) is 10.6 Å². The molecular formula is C20H18ClNO3S. The summed E-state index contributed by atoms with van der Waals surface area (Å²) in [4.78, 5) is 0.169. The van der Waals surface area contributed by atoms with E-state index in [2.05, 4.69) is 0 Å². The minimum Gasteiger partial charge on any atom is -0.508 e. The lowest BCUT2D eigenvalue weighted by Crippen LogP contribution is -2.33. The number of hydrogen-bond acceptors (Lipinski definition) is 3. The molecule has 3 aromatic rings. The Morgan fingerprint density at radius 1 is 0.846 bits per heavy atom. The first-order chi connectivity index (χ1) is 12.5. The third-order valence-corrected chi connectivity index (χ3v) is 6.12. The number of benzene rings is 3. The average Bonchev–Trinajstić information content (AvgIpc) is 2.64. The second kappa shape index (κ2) is 7.81. The summed E-state index contributed by atoms with van der Waals surface area (Å²) in [7, 11) is -3.76. The number of halogens is 1. The van der Waals surface area contributed by atoms with Gasteiger partial charge in [-0.1, -0.05) is 48.0 Å². The van der Waals surface area contributed by atoms with Crippen molar-refractivity contribution < 1.29 is 13.5 Å². The van der Waals surface area contributed by atoms with Gasteiger partial charge < -0.3 is 5.11 Å². The molecule has 134 valence electrons. The molecule has 3 aromatic carbocycles. The first kappa shape index (κ1) is 18.3. The molecule has 0 heterocycles. The highest BCUT2D eigenvalue weighted by Crippen LogP contribution is 2.26. The predicted molar refractivity (Wildman–Crippen MR) is 104 cm³/mol. The Kier molecular flexibility index (Phi) is 5.49. The maximum atomic E-state index is 13.2. The first-order valence-electron chi connectivity index (χ1n) is 8.09. The van der Waals surface area contributed by atoms with E-state index >= 15 is 0 Å². The Morgan fingerprint density at radius 2 is 1.46 bits per heavy atom. The van der Waals surface area contributed by atoms with E-state index in [9.17, 15) is 13.5 Å². The van der Waals surface area contributed by atoms with Crippen LogP contribution in [0.3, 0.4) is 0 Å². The minimum atomic E-state index is -3.76. The van der Waals surface area contributed by atoms with E-state index in [1.54, 1.807) is 54.6 Å². The second-order valence-electron chi connectivity index (χ2n) is 5.75. The molecule has 0 aliphatic rings. The zero-order valence-electron chi connectivity index (χ0n) is 13.9. The van der Waals surface area contributed by atoms with Gasteiger partial charge in [0.1, 0.15) is 5.75 Å². The molecule has 0 amide bonds. The minimum absolute atomic E-state index is 0.157. The number of phenolic OH excluding ortho intramolecular Hbond substituents is 1. The third kappa shape index (κ3) is 4.00. The number of phenols is 1. The van der Waals surface area contributed by atoms with Crippen molar-refractivity contribution in [2.45, 2.75) is 11.3 Å².